The number of rotatable bonds is 5. The average molecular weight is 328 g/mol. The molecule has 0 spiro atoms. The Labute approximate surface area is 129 Å². The van der Waals surface area contributed by atoms with Crippen molar-refractivity contribution >= 4 is 29.2 Å². The van der Waals surface area contributed by atoms with E-state index < -0.39 is 0 Å². The highest BCUT2D eigenvalue weighted by atomic mass is 35.5. The normalized spacial score (nSPS) is 11.8. The van der Waals surface area contributed by atoms with Gasteiger partial charge in [0.1, 0.15) is 0 Å². The number of aromatic amines is 1. The maximum atomic E-state index is 11.7. The molecule has 0 unspecified atom stereocenters. The predicted molar refractivity (Wildman–Crippen MR) is 81.2 cm³/mol. The zero-order valence-corrected chi connectivity index (χ0v) is 12.8. The lowest BCUT2D eigenvalue weighted by molar-refractivity contribution is 0.318. The smallest absolute Gasteiger partial charge is 0.343 e. The molecule has 0 atom stereocenters. The standard InChI is InChI=1S/C12H14ClN5O2S/c1-2-5-18-11(19)15-16-12(18)21-9-6-7(13)3-4-8(9)10(14)17-20/h3-4,6,20H,2,5H2,1H3,(H2,14,17)(H,15,19). The molecular formula is C12H14ClN5O2S. The Balaban J connectivity index is 2.44. The molecule has 9 heteroatoms. The third kappa shape index (κ3) is 3.40. The van der Waals surface area contributed by atoms with Crippen molar-refractivity contribution in [3.63, 3.8) is 0 Å². The van der Waals surface area contributed by atoms with Crippen molar-refractivity contribution in [3.8, 4) is 0 Å². The van der Waals surface area contributed by atoms with Gasteiger partial charge in [-0.05, 0) is 36.4 Å². The molecule has 0 bridgehead atoms. The number of halogens is 1. The van der Waals surface area contributed by atoms with Gasteiger partial charge in [-0.3, -0.25) is 4.57 Å². The van der Waals surface area contributed by atoms with Crippen LogP contribution in [-0.4, -0.2) is 25.8 Å². The fraction of sp³-hybridized carbons (Fsp3) is 0.250. The zero-order valence-electron chi connectivity index (χ0n) is 11.2. The van der Waals surface area contributed by atoms with Crippen molar-refractivity contribution in [1.29, 1.82) is 0 Å². The summed E-state index contributed by atoms with van der Waals surface area (Å²) >= 11 is 7.21. The first kappa shape index (κ1) is 15.5. The van der Waals surface area contributed by atoms with Crippen LogP contribution >= 0.6 is 23.4 Å². The van der Waals surface area contributed by atoms with E-state index >= 15 is 0 Å². The number of nitrogens with two attached hydrogens (primary N) is 1. The molecule has 0 saturated carbocycles. The molecule has 0 aliphatic rings. The van der Waals surface area contributed by atoms with E-state index in [9.17, 15) is 4.79 Å². The minimum Gasteiger partial charge on any atom is -0.409 e. The molecule has 2 rings (SSSR count). The van der Waals surface area contributed by atoms with Crippen LogP contribution in [-0.2, 0) is 6.54 Å². The molecule has 0 radical (unpaired) electrons. The van der Waals surface area contributed by atoms with E-state index in [4.69, 9.17) is 22.5 Å². The van der Waals surface area contributed by atoms with Crippen molar-refractivity contribution in [3.05, 3.63) is 39.3 Å². The molecule has 0 amide bonds. The lowest BCUT2D eigenvalue weighted by Crippen LogP contribution is -2.17. The summed E-state index contributed by atoms with van der Waals surface area (Å²) in [7, 11) is 0. The van der Waals surface area contributed by atoms with E-state index in [-0.39, 0.29) is 11.5 Å². The second-order valence-electron chi connectivity index (χ2n) is 4.19. The van der Waals surface area contributed by atoms with Crippen molar-refractivity contribution in [2.45, 2.75) is 29.9 Å². The largest absolute Gasteiger partial charge is 0.409 e. The van der Waals surface area contributed by atoms with Crippen molar-refractivity contribution in [2.24, 2.45) is 10.9 Å². The lowest BCUT2D eigenvalue weighted by atomic mass is 10.2. The summed E-state index contributed by atoms with van der Waals surface area (Å²) in [5.41, 5.74) is 5.89. The first-order valence-electron chi connectivity index (χ1n) is 6.17. The van der Waals surface area contributed by atoms with Gasteiger partial charge < -0.3 is 10.9 Å². The quantitative estimate of drug-likeness (QED) is 0.336. The topological polar surface area (TPSA) is 109 Å². The zero-order chi connectivity index (χ0) is 15.4. The Morgan fingerprint density at radius 3 is 3.05 bits per heavy atom. The van der Waals surface area contributed by atoms with Crippen molar-refractivity contribution in [2.75, 3.05) is 0 Å². The number of benzene rings is 1. The molecule has 1 heterocycles. The van der Waals surface area contributed by atoms with Gasteiger partial charge in [0.25, 0.3) is 0 Å². The first-order valence-corrected chi connectivity index (χ1v) is 7.36. The SMILES string of the molecule is CCCn1c(Sc2cc(Cl)ccc2C(N)=NO)n[nH]c1=O. The summed E-state index contributed by atoms with van der Waals surface area (Å²) in [6, 6.07) is 4.96. The van der Waals surface area contributed by atoms with Gasteiger partial charge in [-0.15, -0.1) is 5.10 Å². The number of hydrogen-bond acceptors (Lipinski definition) is 5. The molecule has 2 aromatic rings. The molecule has 7 nitrogen and oxygen atoms in total. The third-order valence-corrected chi connectivity index (χ3v) is 3.99. The maximum absolute atomic E-state index is 11.7. The van der Waals surface area contributed by atoms with E-state index in [1.165, 1.54) is 16.3 Å². The van der Waals surface area contributed by atoms with Gasteiger partial charge in [0.2, 0.25) is 0 Å². The summed E-state index contributed by atoms with van der Waals surface area (Å²) < 4.78 is 1.53. The number of hydrogen-bond donors (Lipinski definition) is 3. The summed E-state index contributed by atoms with van der Waals surface area (Å²) in [4.78, 5) is 12.3. The van der Waals surface area contributed by atoms with Gasteiger partial charge in [-0.2, -0.15) is 0 Å². The Hall–Kier alpha value is -1.93. The minimum atomic E-state index is -0.272. The van der Waals surface area contributed by atoms with Crippen LogP contribution < -0.4 is 11.4 Å². The fourth-order valence-corrected chi connectivity index (χ4v) is 3.02. The lowest BCUT2D eigenvalue weighted by Gasteiger charge is -2.08. The Bertz CT molecular complexity index is 725. The van der Waals surface area contributed by atoms with E-state index in [1.54, 1.807) is 18.2 Å². The summed E-state index contributed by atoms with van der Waals surface area (Å²) in [5, 5.41) is 19.2. The van der Waals surface area contributed by atoms with E-state index in [1.807, 2.05) is 6.92 Å². The van der Waals surface area contributed by atoms with Crippen LogP contribution in [0.25, 0.3) is 0 Å². The van der Waals surface area contributed by atoms with E-state index in [0.717, 1.165) is 6.42 Å². The van der Waals surface area contributed by atoms with Crippen LogP contribution in [0.1, 0.15) is 18.9 Å². The molecule has 0 aliphatic heterocycles. The second-order valence-corrected chi connectivity index (χ2v) is 5.64. The average Bonchev–Trinajstić information content (AvgIpc) is 2.80. The van der Waals surface area contributed by atoms with Crippen molar-refractivity contribution in [1.82, 2.24) is 14.8 Å². The second kappa shape index (κ2) is 6.68. The van der Waals surface area contributed by atoms with Crippen molar-refractivity contribution < 1.29 is 5.21 Å². The third-order valence-electron chi connectivity index (χ3n) is 2.70. The van der Waals surface area contributed by atoms with Crippen LogP contribution in [0.3, 0.4) is 0 Å². The van der Waals surface area contributed by atoms with Gasteiger partial charge in [0, 0.05) is 22.0 Å². The molecule has 0 fully saturated rings. The first-order chi connectivity index (χ1) is 10.1. The molecule has 1 aromatic heterocycles. The van der Waals surface area contributed by atoms with Crippen LogP contribution in [0.5, 0.6) is 0 Å². The molecular weight excluding hydrogens is 314 g/mol. The number of oxime groups is 1. The molecule has 21 heavy (non-hydrogen) atoms. The number of amidine groups is 1. The summed E-state index contributed by atoms with van der Waals surface area (Å²) in [5.74, 6) is -0.0332. The van der Waals surface area contributed by atoms with Crippen LogP contribution in [0.15, 0.2) is 38.2 Å². The summed E-state index contributed by atoms with van der Waals surface area (Å²) in [6.45, 7) is 2.52. The van der Waals surface area contributed by atoms with Crippen LogP contribution in [0.2, 0.25) is 5.02 Å². The molecule has 0 saturated heterocycles. The van der Waals surface area contributed by atoms with Crippen LogP contribution in [0, 0.1) is 0 Å². The Morgan fingerprint density at radius 1 is 1.62 bits per heavy atom. The number of nitrogens with zero attached hydrogens (tertiary/aromatic N) is 3. The number of aromatic nitrogens is 3. The van der Waals surface area contributed by atoms with Gasteiger partial charge in [-0.1, -0.05) is 23.7 Å². The molecule has 112 valence electrons. The number of H-pyrrole nitrogens is 1. The highest BCUT2D eigenvalue weighted by Crippen LogP contribution is 2.30. The molecule has 1 aromatic carbocycles. The summed E-state index contributed by atoms with van der Waals surface area (Å²) in [6.07, 6.45) is 0.801. The maximum Gasteiger partial charge on any atom is 0.343 e. The highest BCUT2D eigenvalue weighted by molar-refractivity contribution is 7.99. The van der Waals surface area contributed by atoms with Crippen LogP contribution in [0.4, 0.5) is 0 Å². The Kier molecular flexibility index (Phi) is 4.92. The van der Waals surface area contributed by atoms with E-state index in [2.05, 4.69) is 15.4 Å². The molecule has 4 N–H and O–H groups in total. The predicted octanol–water partition coefficient (Wildman–Crippen LogP) is 1.88. The highest BCUT2D eigenvalue weighted by Gasteiger charge is 2.14. The van der Waals surface area contributed by atoms with Gasteiger partial charge in [-0.25, -0.2) is 9.89 Å². The van der Waals surface area contributed by atoms with Gasteiger partial charge >= 0.3 is 5.69 Å². The number of nitrogens with one attached hydrogen (secondary N) is 1. The van der Waals surface area contributed by atoms with E-state index in [0.29, 0.717) is 27.2 Å². The van der Waals surface area contributed by atoms with Gasteiger partial charge in [0.15, 0.2) is 11.0 Å². The minimum absolute atomic E-state index is 0.0332. The monoisotopic (exact) mass is 327 g/mol. The Morgan fingerprint density at radius 2 is 2.38 bits per heavy atom. The molecule has 0 aliphatic carbocycles. The van der Waals surface area contributed by atoms with Gasteiger partial charge in [0.05, 0.1) is 0 Å². The fourth-order valence-electron chi connectivity index (χ4n) is 1.75.